The summed E-state index contributed by atoms with van der Waals surface area (Å²) in [7, 11) is 0. The van der Waals surface area contributed by atoms with Crippen LogP contribution in [0.4, 0.5) is 11.4 Å². The van der Waals surface area contributed by atoms with Crippen LogP contribution < -0.4 is 20.1 Å². The minimum Gasteiger partial charge on any atom is -0.486 e. The van der Waals surface area contributed by atoms with E-state index in [1.54, 1.807) is 36.4 Å². The monoisotopic (exact) mass is 390 g/mol. The van der Waals surface area contributed by atoms with Crippen LogP contribution in [0.2, 0.25) is 0 Å². The first-order valence-electron chi connectivity index (χ1n) is 7.31. The van der Waals surface area contributed by atoms with Gasteiger partial charge in [-0.25, -0.2) is 0 Å². The van der Waals surface area contributed by atoms with Crippen LogP contribution in [0.15, 0.2) is 40.9 Å². The van der Waals surface area contributed by atoms with Crippen molar-refractivity contribution in [2.75, 3.05) is 23.8 Å². The van der Waals surface area contributed by atoms with E-state index in [2.05, 4.69) is 26.6 Å². The Morgan fingerprint density at radius 1 is 1.04 bits per heavy atom. The minimum atomic E-state index is -0.345. The number of hydrogen-bond acceptors (Lipinski definition) is 4. The van der Waals surface area contributed by atoms with Gasteiger partial charge < -0.3 is 20.1 Å². The molecule has 0 aromatic heterocycles. The second-order valence-corrected chi connectivity index (χ2v) is 6.07. The van der Waals surface area contributed by atoms with E-state index in [9.17, 15) is 9.59 Å². The van der Waals surface area contributed by atoms with Gasteiger partial charge in [-0.1, -0.05) is 22.0 Å². The molecule has 0 saturated carbocycles. The van der Waals surface area contributed by atoms with Crippen molar-refractivity contribution in [2.24, 2.45) is 0 Å². The lowest BCUT2D eigenvalue weighted by atomic mass is 10.1. The zero-order valence-corrected chi connectivity index (χ0v) is 14.5. The van der Waals surface area contributed by atoms with Crippen LogP contribution in [-0.2, 0) is 4.79 Å². The maximum atomic E-state index is 12.7. The fourth-order valence-electron chi connectivity index (χ4n) is 2.36. The number of amides is 2. The first-order chi connectivity index (χ1) is 11.5. The van der Waals surface area contributed by atoms with Gasteiger partial charge in [-0.2, -0.15) is 0 Å². The molecule has 0 radical (unpaired) electrons. The van der Waals surface area contributed by atoms with Crippen molar-refractivity contribution in [1.82, 2.24) is 0 Å². The van der Waals surface area contributed by atoms with Crippen molar-refractivity contribution in [3.05, 3.63) is 46.4 Å². The molecule has 1 aliphatic rings. The summed E-state index contributed by atoms with van der Waals surface area (Å²) in [5, 5.41) is 5.49. The predicted octanol–water partition coefficient (Wildman–Crippen LogP) is 3.43. The highest BCUT2D eigenvalue weighted by Gasteiger charge is 2.21. The number of rotatable bonds is 3. The average molecular weight is 391 g/mol. The van der Waals surface area contributed by atoms with Gasteiger partial charge in [0, 0.05) is 11.4 Å². The largest absolute Gasteiger partial charge is 0.486 e. The quantitative estimate of drug-likeness (QED) is 0.841. The fraction of sp³-hybridized carbons (Fsp3) is 0.176. The van der Waals surface area contributed by atoms with E-state index in [0.29, 0.717) is 41.7 Å². The Kier molecular flexibility index (Phi) is 4.71. The molecule has 124 valence electrons. The summed E-state index contributed by atoms with van der Waals surface area (Å²) in [6.07, 6.45) is 0. The van der Waals surface area contributed by atoms with Crippen LogP contribution in [0.25, 0.3) is 0 Å². The Balaban J connectivity index is 1.90. The highest BCUT2D eigenvalue weighted by Crippen LogP contribution is 2.34. The molecule has 2 N–H and O–H groups in total. The lowest BCUT2D eigenvalue weighted by molar-refractivity contribution is -0.114. The van der Waals surface area contributed by atoms with Gasteiger partial charge in [0.1, 0.15) is 13.2 Å². The van der Waals surface area contributed by atoms with E-state index in [1.165, 1.54) is 6.92 Å². The maximum Gasteiger partial charge on any atom is 0.259 e. The first-order valence-corrected chi connectivity index (χ1v) is 8.11. The molecule has 7 heteroatoms. The molecule has 0 aliphatic carbocycles. The van der Waals surface area contributed by atoms with Crippen LogP contribution in [0, 0.1) is 0 Å². The molecule has 3 rings (SSSR count). The summed E-state index contributed by atoms with van der Waals surface area (Å²) in [4.78, 5) is 24.0. The zero-order chi connectivity index (χ0) is 17.1. The van der Waals surface area contributed by atoms with Crippen molar-refractivity contribution < 1.29 is 19.1 Å². The van der Waals surface area contributed by atoms with Crippen molar-refractivity contribution in [3.8, 4) is 11.5 Å². The van der Waals surface area contributed by atoms with E-state index < -0.39 is 0 Å². The van der Waals surface area contributed by atoms with Gasteiger partial charge in [0.2, 0.25) is 5.91 Å². The minimum absolute atomic E-state index is 0.221. The van der Waals surface area contributed by atoms with Crippen molar-refractivity contribution in [1.29, 1.82) is 0 Å². The van der Waals surface area contributed by atoms with Crippen LogP contribution in [-0.4, -0.2) is 25.0 Å². The van der Waals surface area contributed by atoms with Crippen molar-refractivity contribution >= 4 is 39.1 Å². The molecular formula is C17H15BrN2O4. The second kappa shape index (κ2) is 6.92. The molecule has 0 unspecified atom stereocenters. The Bertz CT molecular complexity index is 807. The Morgan fingerprint density at radius 3 is 2.62 bits per heavy atom. The first kappa shape index (κ1) is 16.3. The number of anilines is 2. The number of benzene rings is 2. The van der Waals surface area contributed by atoms with Gasteiger partial charge in [0.05, 0.1) is 16.9 Å². The SMILES string of the molecule is CC(=O)Nc1ccc(Br)cc1NC(=O)c1cccc2c1OCCO2. The van der Waals surface area contributed by atoms with E-state index in [1.807, 2.05) is 0 Å². The summed E-state index contributed by atoms with van der Waals surface area (Å²) in [5.41, 5.74) is 1.38. The highest BCUT2D eigenvalue weighted by atomic mass is 79.9. The summed E-state index contributed by atoms with van der Waals surface area (Å²) in [6.45, 7) is 2.26. The number of para-hydroxylation sites is 1. The average Bonchev–Trinajstić information content (AvgIpc) is 2.56. The third-order valence-corrected chi connectivity index (χ3v) is 3.84. The van der Waals surface area contributed by atoms with Crippen LogP contribution >= 0.6 is 15.9 Å². The molecule has 2 aromatic carbocycles. The molecule has 2 aromatic rings. The molecule has 0 fully saturated rings. The van der Waals surface area contributed by atoms with Gasteiger partial charge in [-0.05, 0) is 30.3 Å². The number of hydrogen-bond donors (Lipinski definition) is 2. The molecule has 0 bridgehead atoms. The summed E-state index contributed by atoms with van der Waals surface area (Å²) >= 11 is 3.36. The van der Waals surface area contributed by atoms with Crippen molar-refractivity contribution in [3.63, 3.8) is 0 Å². The lowest BCUT2D eigenvalue weighted by Crippen LogP contribution is -2.20. The number of ether oxygens (including phenoxy) is 2. The second-order valence-electron chi connectivity index (χ2n) is 5.15. The van der Waals surface area contributed by atoms with Gasteiger partial charge in [-0.15, -0.1) is 0 Å². The molecule has 6 nitrogen and oxygen atoms in total. The summed E-state index contributed by atoms with van der Waals surface area (Å²) in [6, 6.07) is 10.4. The van der Waals surface area contributed by atoms with E-state index in [0.717, 1.165) is 4.47 Å². The molecule has 0 spiro atoms. The molecule has 24 heavy (non-hydrogen) atoms. The van der Waals surface area contributed by atoms with Gasteiger partial charge in [0.15, 0.2) is 11.5 Å². The van der Waals surface area contributed by atoms with Crippen LogP contribution in [0.5, 0.6) is 11.5 Å². The molecule has 1 heterocycles. The van der Waals surface area contributed by atoms with Gasteiger partial charge >= 0.3 is 0 Å². The maximum absolute atomic E-state index is 12.7. The summed E-state index contributed by atoms with van der Waals surface area (Å²) < 4.78 is 11.8. The van der Waals surface area contributed by atoms with Gasteiger partial charge in [-0.3, -0.25) is 9.59 Å². The molecule has 0 saturated heterocycles. The number of nitrogens with one attached hydrogen (secondary N) is 2. The number of carbonyl (C=O) groups excluding carboxylic acids is 2. The smallest absolute Gasteiger partial charge is 0.259 e. The van der Waals surface area contributed by atoms with Crippen molar-refractivity contribution in [2.45, 2.75) is 6.92 Å². The Morgan fingerprint density at radius 2 is 1.83 bits per heavy atom. The van der Waals surface area contributed by atoms with Crippen LogP contribution in [0.1, 0.15) is 17.3 Å². The predicted molar refractivity (Wildman–Crippen MR) is 93.8 cm³/mol. The number of halogens is 1. The Hall–Kier alpha value is -2.54. The molecule has 1 aliphatic heterocycles. The highest BCUT2D eigenvalue weighted by molar-refractivity contribution is 9.10. The van der Waals surface area contributed by atoms with E-state index in [4.69, 9.17) is 9.47 Å². The fourth-order valence-corrected chi connectivity index (χ4v) is 2.72. The summed E-state index contributed by atoms with van der Waals surface area (Å²) in [5.74, 6) is 0.409. The molecular weight excluding hydrogens is 376 g/mol. The van der Waals surface area contributed by atoms with Gasteiger partial charge in [0.25, 0.3) is 5.91 Å². The molecule has 0 atom stereocenters. The third-order valence-electron chi connectivity index (χ3n) is 3.35. The Labute approximate surface area is 147 Å². The molecule has 2 amide bonds. The topological polar surface area (TPSA) is 76.7 Å². The van der Waals surface area contributed by atoms with Crippen LogP contribution in [0.3, 0.4) is 0 Å². The number of fused-ring (bicyclic) bond motifs is 1. The zero-order valence-electron chi connectivity index (χ0n) is 12.9. The van der Waals surface area contributed by atoms with E-state index in [-0.39, 0.29) is 11.8 Å². The van der Waals surface area contributed by atoms with E-state index >= 15 is 0 Å². The normalized spacial score (nSPS) is 12.4. The number of carbonyl (C=O) groups is 2. The lowest BCUT2D eigenvalue weighted by Gasteiger charge is -2.21. The third kappa shape index (κ3) is 3.51. The standard InChI is InChI=1S/C17H15BrN2O4/c1-10(21)19-13-6-5-11(18)9-14(13)20-17(22)12-3-2-4-15-16(12)24-8-7-23-15/h2-6,9H,7-8H2,1H3,(H,19,21)(H,20,22).